The number of rotatable bonds is 5. The smallest absolute Gasteiger partial charge is 0.275 e. The molecule has 0 aliphatic carbocycles. The number of aryl methyl sites for hydroxylation is 2. The molecule has 0 aliphatic rings. The second-order valence-electron chi connectivity index (χ2n) is 4.48. The van der Waals surface area contributed by atoms with Crippen molar-refractivity contribution < 1.29 is 9.53 Å². The number of nitrogens with one attached hydrogen (secondary N) is 1. The molecule has 6 heteroatoms. The lowest BCUT2D eigenvalue weighted by molar-refractivity contribution is 0.101. The molecular weight excluding hydrogens is 290 g/mol. The van der Waals surface area contributed by atoms with Crippen molar-refractivity contribution in [3.8, 4) is 5.75 Å². The van der Waals surface area contributed by atoms with Crippen molar-refractivity contribution in [2.75, 3.05) is 11.9 Å². The summed E-state index contributed by atoms with van der Waals surface area (Å²) in [6.07, 6.45) is 0. The van der Waals surface area contributed by atoms with Gasteiger partial charge in [0.05, 0.1) is 17.3 Å². The molecule has 5 nitrogen and oxygen atoms in total. The van der Waals surface area contributed by atoms with Gasteiger partial charge >= 0.3 is 0 Å². The van der Waals surface area contributed by atoms with Crippen LogP contribution >= 0.6 is 11.6 Å². The average molecular weight is 308 g/mol. The molecule has 0 saturated heterocycles. The van der Waals surface area contributed by atoms with Gasteiger partial charge in [-0.15, -0.1) is 0 Å². The van der Waals surface area contributed by atoms with E-state index in [2.05, 4.69) is 10.4 Å². The highest BCUT2D eigenvalue weighted by atomic mass is 35.5. The highest BCUT2D eigenvalue weighted by Crippen LogP contribution is 2.22. The molecule has 0 saturated carbocycles. The minimum Gasteiger partial charge on any atom is -0.494 e. The SMILES string of the molecule is CCOc1ccc(NC(=O)c2c(Cl)c(C)nn2CC)cc1. The van der Waals surface area contributed by atoms with Crippen LogP contribution in [0.2, 0.25) is 5.02 Å². The summed E-state index contributed by atoms with van der Waals surface area (Å²) in [4.78, 5) is 12.4. The number of amides is 1. The van der Waals surface area contributed by atoms with E-state index < -0.39 is 0 Å². The number of hydrogen-bond donors (Lipinski definition) is 1. The van der Waals surface area contributed by atoms with Gasteiger partial charge in [-0.25, -0.2) is 0 Å². The number of nitrogens with zero attached hydrogens (tertiary/aromatic N) is 2. The zero-order valence-electron chi connectivity index (χ0n) is 12.3. The number of aromatic nitrogens is 2. The number of carbonyl (C=O) groups excluding carboxylic acids is 1. The van der Waals surface area contributed by atoms with Gasteiger partial charge < -0.3 is 10.1 Å². The molecule has 2 aromatic rings. The third-order valence-corrected chi connectivity index (χ3v) is 3.44. The highest BCUT2D eigenvalue weighted by molar-refractivity contribution is 6.34. The number of halogens is 1. The topological polar surface area (TPSA) is 56.1 Å². The predicted octanol–water partition coefficient (Wildman–Crippen LogP) is 3.52. The Balaban J connectivity index is 2.18. The van der Waals surface area contributed by atoms with Crippen LogP contribution in [0.1, 0.15) is 30.0 Å². The molecule has 0 unspecified atom stereocenters. The van der Waals surface area contributed by atoms with Crippen molar-refractivity contribution in [1.82, 2.24) is 9.78 Å². The zero-order chi connectivity index (χ0) is 15.4. The van der Waals surface area contributed by atoms with E-state index in [-0.39, 0.29) is 5.91 Å². The Hall–Kier alpha value is -2.01. The molecule has 0 aliphatic heterocycles. The fraction of sp³-hybridized carbons (Fsp3) is 0.333. The monoisotopic (exact) mass is 307 g/mol. The van der Waals surface area contributed by atoms with Crippen molar-refractivity contribution in [1.29, 1.82) is 0 Å². The van der Waals surface area contributed by atoms with Crippen LogP contribution in [0.15, 0.2) is 24.3 Å². The van der Waals surface area contributed by atoms with E-state index in [0.29, 0.717) is 35.2 Å². The molecule has 0 radical (unpaired) electrons. The van der Waals surface area contributed by atoms with E-state index >= 15 is 0 Å². The van der Waals surface area contributed by atoms with Crippen LogP contribution in [0.5, 0.6) is 5.75 Å². The predicted molar refractivity (Wildman–Crippen MR) is 83.2 cm³/mol. The standard InChI is InChI=1S/C15H18ClN3O2/c1-4-19-14(13(16)10(3)18-19)15(20)17-11-6-8-12(9-7-11)21-5-2/h6-9H,4-5H2,1-3H3,(H,17,20). The van der Waals surface area contributed by atoms with Gasteiger partial charge in [-0.05, 0) is 45.0 Å². The normalized spacial score (nSPS) is 10.5. The van der Waals surface area contributed by atoms with Crippen LogP contribution < -0.4 is 10.1 Å². The summed E-state index contributed by atoms with van der Waals surface area (Å²) in [6, 6.07) is 7.19. The van der Waals surface area contributed by atoms with Crippen molar-refractivity contribution >= 4 is 23.2 Å². The first kappa shape index (κ1) is 15.4. The quantitative estimate of drug-likeness (QED) is 0.919. The average Bonchev–Trinajstić information content (AvgIpc) is 2.76. The summed E-state index contributed by atoms with van der Waals surface area (Å²) in [6.45, 7) is 6.81. The summed E-state index contributed by atoms with van der Waals surface area (Å²) >= 11 is 6.16. The van der Waals surface area contributed by atoms with Gasteiger partial charge in [-0.3, -0.25) is 9.48 Å². The summed E-state index contributed by atoms with van der Waals surface area (Å²) in [7, 11) is 0. The lowest BCUT2D eigenvalue weighted by atomic mass is 10.3. The lowest BCUT2D eigenvalue weighted by Crippen LogP contribution is -2.17. The maximum Gasteiger partial charge on any atom is 0.275 e. The first-order chi connectivity index (χ1) is 10.1. The second kappa shape index (κ2) is 6.63. The molecule has 0 bridgehead atoms. The van der Waals surface area contributed by atoms with Gasteiger partial charge in [0.1, 0.15) is 11.4 Å². The van der Waals surface area contributed by atoms with E-state index in [9.17, 15) is 4.79 Å². The number of ether oxygens (including phenoxy) is 1. The Morgan fingerprint density at radius 1 is 1.33 bits per heavy atom. The molecule has 0 spiro atoms. The summed E-state index contributed by atoms with van der Waals surface area (Å²) in [5, 5.41) is 7.44. The Kier molecular flexibility index (Phi) is 4.85. The Labute approximate surface area is 128 Å². The van der Waals surface area contributed by atoms with Gasteiger partial charge in [0.2, 0.25) is 0 Å². The molecule has 21 heavy (non-hydrogen) atoms. The van der Waals surface area contributed by atoms with Gasteiger partial charge in [0, 0.05) is 12.2 Å². The van der Waals surface area contributed by atoms with Crippen molar-refractivity contribution in [2.24, 2.45) is 0 Å². The summed E-state index contributed by atoms with van der Waals surface area (Å²) in [5.41, 5.74) is 1.71. The molecule has 1 aromatic carbocycles. The third kappa shape index (κ3) is 3.36. The summed E-state index contributed by atoms with van der Waals surface area (Å²) in [5.74, 6) is 0.495. The van der Waals surface area contributed by atoms with Crippen LogP contribution in [-0.2, 0) is 6.54 Å². The van der Waals surface area contributed by atoms with Crippen LogP contribution in [0.25, 0.3) is 0 Å². The molecular formula is C15H18ClN3O2. The molecule has 0 atom stereocenters. The van der Waals surface area contributed by atoms with E-state index in [1.165, 1.54) is 0 Å². The molecule has 1 aromatic heterocycles. The zero-order valence-corrected chi connectivity index (χ0v) is 13.1. The first-order valence-corrected chi connectivity index (χ1v) is 7.21. The molecule has 1 amide bonds. The van der Waals surface area contributed by atoms with E-state index in [1.807, 2.05) is 26.0 Å². The fourth-order valence-corrected chi connectivity index (χ4v) is 2.22. The van der Waals surface area contributed by atoms with Crippen molar-refractivity contribution in [3.05, 3.63) is 40.7 Å². The molecule has 112 valence electrons. The Morgan fingerprint density at radius 2 is 2.00 bits per heavy atom. The number of anilines is 1. The maximum absolute atomic E-state index is 12.4. The van der Waals surface area contributed by atoms with Gasteiger partial charge in [0.15, 0.2) is 0 Å². The van der Waals surface area contributed by atoms with E-state index in [4.69, 9.17) is 16.3 Å². The van der Waals surface area contributed by atoms with Gasteiger partial charge in [0.25, 0.3) is 5.91 Å². The Morgan fingerprint density at radius 3 is 2.57 bits per heavy atom. The maximum atomic E-state index is 12.4. The number of benzene rings is 1. The molecule has 2 rings (SSSR count). The first-order valence-electron chi connectivity index (χ1n) is 6.83. The fourth-order valence-electron chi connectivity index (χ4n) is 2.00. The van der Waals surface area contributed by atoms with Crippen LogP contribution in [0.3, 0.4) is 0 Å². The van der Waals surface area contributed by atoms with Crippen molar-refractivity contribution in [3.63, 3.8) is 0 Å². The van der Waals surface area contributed by atoms with Gasteiger partial charge in [-0.2, -0.15) is 5.10 Å². The number of carbonyl (C=O) groups is 1. The highest BCUT2D eigenvalue weighted by Gasteiger charge is 2.19. The molecule has 0 fully saturated rings. The third-order valence-electron chi connectivity index (χ3n) is 2.99. The molecule has 1 heterocycles. The van der Waals surface area contributed by atoms with E-state index in [0.717, 1.165) is 5.75 Å². The second-order valence-corrected chi connectivity index (χ2v) is 4.85. The van der Waals surface area contributed by atoms with Crippen molar-refractivity contribution in [2.45, 2.75) is 27.3 Å². The number of hydrogen-bond acceptors (Lipinski definition) is 3. The largest absolute Gasteiger partial charge is 0.494 e. The minimum absolute atomic E-state index is 0.272. The van der Waals surface area contributed by atoms with Crippen LogP contribution in [0, 0.1) is 6.92 Å². The van der Waals surface area contributed by atoms with Gasteiger partial charge in [-0.1, -0.05) is 11.6 Å². The van der Waals surface area contributed by atoms with Crippen LogP contribution in [0.4, 0.5) is 5.69 Å². The van der Waals surface area contributed by atoms with E-state index in [1.54, 1.807) is 23.7 Å². The van der Waals surface area contributed by atoms with Crippen LogP contribution in [-0.4, -0.2) is 22.3 Å². The Bertz CT molecular complexity index is 635. The minimum atomic E-state index is -0.272. The molecule has 1 N–H and O–H groups in total. The lowest BCUT2D eigenvalue weighted by Gasteiger charge is -2.08. The summed E-state index contributed by atoms with van der Waals surface area (Å²) < 4.78 is 6.96.